The fourth-order valence-corrected chi connectivity index (χ4v) is 2.41. The van der Waals surface area contributed by atoms with E-state index >= 15 is 0 Å². The second kappa shape index (κ2) is 6.05. The van der Waals surface area contributed by atoms with Gasteiger partial charge in [-0.3, -0.25) is 0 Å². The van der Waals surface area contributed by atoms with Crippen molar-refractivity contribution in [2.75, 3.05) is 13.2 Å². The first-order valence-electron chi connectivity index (χ1n) is 6.90. The van der Waals surface area contributed by atoms with Gasteiger partial charge in [0.05, 0.1) is 6.61 Å². The van der Waals surface area contributed by atoms with Gasteiger partial charge in [-0.1, -0.05) is 38.1 Å². The maximum atomic E-state index is 5.56. The molecular weight excluding hydrogens is 222 g/mol. The molecule has 0 radical (unpaired) electrons. The molecule has 1 aliphatic rings. The first kappa shape index (κ1) is 13.2. The highest BCUT2D eigenvalue weighted by atomic mass is 16.5. The lowest BCUT2D eigenvalue weighted by molar-refractivity contribution is 0.356. The van der Waals surface area contributed by atoms with E-state index < -0.39 is 0 Å². The van der Waals surface area contributed by atoms with Gasteiger partial charge < -0.3 is 10.1 Å². The summed E-state index contributed by atoms with van der Waals surface area (Å²) in [6, 6.07) is 6.96. The number of hydrogen-bond donors (Lipinski definition) is 1. The molecule has 0 amide bonds. The van der Waals surface area contributed by atoms with Crippen LogP contribution < -0.4 is 10.1 Å². The molecule has 1 unspecified atom stereocenters. The standard InChI is InChI=1S/C16H23NO/c1-4-12(3)10-15(17-5-2)13-6-7-16-14(11-13)8-9-18-16/h6-7,11,15,17H,3-5,8-10H2,1-2H3. The van der Waals surface area contributed by atoms with Gasteiger partial charge in [0.15, 0.2) is 0 Å². The maximum Gasteiger partial charge on any atom is 0.122 e. The Bertz CT molecular complexity index is 425. The third-order valence-corrected chi connectivity index (χ3v) is 3.56. The summed E-state index contributed by atoms with van der Waals surface area (Å²) in [6.45, 7) is 10.3. The lowest BCUT2D eigenvalue weighted by Gasteiger charge is -2.20. The van der Waals surface area contributed by atoms with Crippen LogP contribution >= 0.6 is 0 Å². The molecule has 1 aliphatic heterocycles. The Morgan fingerprint density at radius 1 is 1.44 bits per heavy atom. The molecule has 0 fully saturated rings. The summed E-state index contributed by atoms with van der Waals surface area (Å²) in [6.07, 6.45) is 3.11. The van der Waals surface area contributed by atoms with Gasteiger partial charge in [-0.2, -0.15) is 0 Å². The molecular formula is C16H23NO. The average molecular weight is 245 g/mol. The van der Waals surface area contributed by atoms with Crippen molar-refractivity contribution < 1.29 is 4.74 Å². The summed E-state index contributed by atoms with van der Waals surface area (Å²) in [5.74, 6) is 1.06. The summed E-state index contributed by atoms with van der Waals surface area (Å²) in [5, 5.41) is 3.55. The quantitative estimate of drug-likeness (QED) is 0.773. The number of ether oxygens (including phenoxy) is 1. The Labute approximate surface area is 110 Å². The van der Waals surface area contributed by atoms with E-state index in [2.05, 4.69) is 43.9 Å². The smallest absolute Gasteiger partial charge is 0.122 e. The zero-order valence-electron chi connectivity index (χ0n) is 11.5. The zero-order chi connectivity index (χ0) is 13.0. The Morgan fingerprint density at radius 2 is 2.28 bits per heavy atom. The van der Waals surface area contributed by atoms with Crippen LogP contribution in [0.1, 0.15) is 43.9 Å². The van der Waals surface area contributed by atoms with Crippen LogP contribution in [-0.4, -0.2) is 13.2 Å². The van der Waals surface area contributed by atoms with Crippen molar-refractivity contribution in [3.63, 3.8) is 0 Å². The molecule has 0 spiro atoms. The van der Waals surface area contributed by atoms with Crippen molar-refractivity contribution in [3.8, 4) is 5.75 Å². The SMILES string of the molecule is C=C(CC)CC(NCC)c1ccc2c(c1)CCO2. The van der Waals surface area contributed by atoms with Gasteiger partial charge in [0.1, 0.15) is 5.75 Å². The van der Waals surface area contributed by atoms with E-state index in [1.165, 1.54) is 16.7 Å². The van der Waals surface area contributed by atoms with Crippen molar-refractivity contribution >= 4 is 0 Å². The minimum atomic E-state index is 0.383. The minimum absolute atomic E-state index is 0.383. The topological polar surface area (TPSA) is 21.3 Å². The van der Waals surface area contributed by atoms with Crippen LogP contribution in [0.25, 0.3) is 0 Å². The summed E-state index contributed by atoms with van der Waals surface area (Å²) >= 11 is 0. The molecule has 2 rings (SSSR count). The predicted octanol–water partition coefficient (Wildman–Crippen LogP) is 3.63. The highest BCUT2D eigenvalue weighted by molar-refractivity contribution is 5.41. The van der Waals surface area contributed by atoms with Crippen LogP contribution in [-0.2, 0) is 6.42 Å². The summed E-state index contributed by atoms with van der Waals surface area (Å²) < 4.78 is 5.56. The molecule has 2 heteroatoms. The highest BCUT2D eigenvalue weighted by Crippen LogP contribution is 2.30. The van der Waals surface area contributed by atoms with Gasteiger partial charge in [0.2, 0.25) is 0 Å². The van der Waals surface area contributed by atoms with Crippen molar-refractivity contribution in [2.24, 2.45) is 0 Å². The van der Waals surface area contributed by atoms with Gasteiger partial charge in [-0.05, 0) is 36.6 Å². The monoisotopic (exact) mass is 245 g/mol. The van der Waals surface area contributed by atoms with Crippen molar-refractivity contribution in [3.05, 3.63) is 41.5 Å². The molecule has 1 aromatic rings. The summed E-state index contributed by atoms with van der Waals surface area (Å²) in [4.78, 5) is 0. The van der Waals surface area contributed by atoms with Crippen LogP contribution in [0.2, 0.25) is 0 Å². The van der Waals surface area contributed by atoms with E-state index in [1.54, 1.807) is 0 Å². The van der Waals surface area contributed by atoms with Gasteiger partial charge >= 0.3 is 0 Å². The normalized spacial score (nSPS) is 15.0. The number of nitrogens with one attached hydrogen (secondary N) is 1. The first-order chi connectivity index (χ1) is 8.74. The third-order valence-electron chi connectivity index (χ3n) is 3.56. The van der Waals surface area contributed by atoms with E-state index in [1.807, 2.05) is 0 Å². The van der Waals surface area contributed by atoms with Gasteiger partial charge in [0, 0.05) is 12.5 Å². The summed E-state index contributed by atoms with van der Waals surface area (Å²) in [5.41, 5.74) is 4.01. The number of rotatable bonds is 6. The van der Waals surface area contributed by atoms with Crippen LogP contribution in [0.15, 0.2) is 30.4 Å². The Kier molecular flexibility index (Phi) is 4.43. The van der Waals surface area contributed by atoms with Crippen LogP contribution in [0.3, 0.4) is 0 Å². The van der Waals surface area contributed by atoms with Gasteiger partial charge in [-0.15, -0.1) is 0 Å². The van der Waals surface area contributed by atoms with Gasteiger partial charge in [0.25, 0.3) is 0 Å². The predicted molar refractivity (Wildman–Crippen MR) is 76.1 cm³/mol. The van der Waals surface area contributed by atoms with E-state index in [0.717, 1.165) is 38.2 Å². The molecule has 1 aromatic carbocycles. The van der Waals surface area contributed by atoms with Crippen molar-refractivity contribution in [2.45, 2.75) is 39.2 Å². The van der Waals surface area contributed by atoms with Crippen LogP contribution in [0, 0.1) is 0 Å². The van der Waals surface area contributed by atoms with Crippen molar-refractivity contribution in [1.29, 1.82) is 0 Å². The van der Waals surface area contributed by atoms with Crippen molar-refractivity contribution in [1.82, 2.24) is 5.32 Å². The molecule has 0 saturated heterocycles. The van der Waals surface area contributed by atoms with Crippen LogP contribution in [0.4, 0.5) is 0 Å². The molecule has 1 N–H and O–H groups in total. The Morgan fingerprint density at radius 3 is 3.00 bits per heavy atom. The summed E-state index contributed by atoms with van der Waals surface area (Å²) in [7, 11) is 0. The molecule has 0 aliphatic carbocycles. The Hall–Kier alpha value is -1.28. The fraction of sp³-hybridized carbons (Fsp3) is 0.500. The highest BCUT2D eigenvalue weighted by Gasteiger charge is 2.16. The average Bonchev–Trinajstić information content (AvgIpc) is 2.85. The number of benzene rings is 1. The molecule has 2 nitrogen and oxygen atoms in total. The largest absolute Gasteiger partial charge is 0.493 e. The number of fused-ring (bicyclic) bond motifs is 1. The molecule has 98 valence electrons. The van der Waals surface area contributed by atoms with E-state index in [0.29, 0.717) is 6.04 Å². The maximum absolute atomic E-state index is 5.56. The van der Waals surface area contributed by atoms with Gasteiger partial charge in [-0.25, -0.2) is 0 Å². The molecule has 0 saturated carbocycles. The third kappa shape index (κ3) is 2.94. The molecule has 0 bridgehead atoms. The first-order valence-corrected chi connectivity index (χ1v) is 6.90. The fourth-order valence-electron chi connectivity index (χ4n) is 2.41. The lowest BCUT2D eigenvalue weighted by Crippen LogP contribution is -2.21. The zero-order valence-corrected chi connectivity index (χ0v) is 11.5. The minimum Gasteiger partial charge on any atom is -0.493 e. The van der Waals surface area contributed by atoms with E-state index in [-0.39, 0.29) is 0 Å². The number of hydrogen-bond acceptors (Lipinski definition) is 2. The lowest BCUT2D eigenvalue weighted by atomic mass is 9.96. The van der Waals surface area contributed by atoms with Crippen LogP contribution in [0.5, 0.6) is 5.75 Å². The van der Waals surface area contributed by atoms with E-state index in [9.17, 15) is 0 Å². The second-order valence-electron chi connectivity index (χ2n) is 4.88. The van der Waals surface area contributed by atoms with E-state index in [4.69, 9.17) is 4.74 Å². The molecule has 0 aromatic heterocycles. The Balaban J connectivity index is 2.17. The second-order valence-corrected chi connectivity index (χ2v) is 4.88. The molecule has 1 atom stereocenters. The molecule has 18 heavy (non-hydrogen) atoms. The molecule has 1 heterocycles.